The van der Waals surface area contributed by atoms with Gasteiger partial charge in [0.1, 0.15) is 0 Å². The van der Waals surface area contributed by atoms with Crippen LogP contribution in [0.3, 0.4) is 0 Å². The van der Waals surface area contributed by atoms with E-state index in [4.69, 9.17) is 0 Å². The highest BCUT2D eigenvalue weighted by atomic mass is 15.0. The predicted octanol–water partition coefficient (Wildman–Crippen LogP) is 2.09. The van der Waals surface area contributed by atoms with Gasteiger partial charge >= 0.3 is 0 Å². The van der Waals surface area contributed by atoms with E-state index in [2.05, 4.69) is 11.9 Å². The Labute approximate surface area is 63.2 Å². The van der Waals surface area contributed by atoms with Gasteiger partial charge < -0.3 is 5.32 Å². The van der Waals surface area contributed by atoms with Crippen LogP contribution in [-0.4, -0.2) is 6.54 Å². The molecule has 1 saturated carbocycles. The van der Waals surface area contributed by atoms with E-state index >= 15 is 0 Å². The number of nitrogens with one attached hydrogen (secondary N) is 1. The first-order valence-corrected chi connectivity index (χ1v) is 4.49. The van der Waals surface area contributed by atoms with E-state index < -0.39 is 0 Å². The lowest BCUT2D eigenvalue weighted by Crippen LogP contribution is -2.48. The molecule has 0 amide bonds. The largest absolute Gasteiger partial charge is 0.311 e. The van der Waals surface area contributed by atoms with Crippen LogP contribution in [0.5, 0.6) is 0 Å². The third kappa shape index (κ3) is 1.07. The summed E-state index contributed by atoms with van der Waals surface area (Å²) in [6.45, 7) is 3.59. The Bertz CT molecular complexity index is 106. The normalized spacial score (nSPS) is 31.2. The summed E-state index contributed by atoms with van der Waals surface area (Å²) in [5.41, 5.74) is 0.649. The van der Waals surface area contributed by atoms with E-state index in [9.17, 15) is 0 Å². The van der Waals surface area contributed by atoms with Crippen molar-refractivity contribution in [1.29, 1.82) is 0 Å². The van der Waals surface area contributed by atoms with Gasteiger partial charge in [0.05, 0.1) is 0 Å². The van der Waals surface area contributed by atoms with E-state index in [-0.39, 0.29) is 0 Å². The maximum Gasteiger partial charge on any atom is 0.0295 e. The molecule has 0 atom stereocenters. The van der Waals surface area contributed by atoms with E-state index in [0.29, 0.717) is 5.41 Å². The van der Waals surface area contributed by atoms with Crippen LogP contribution in [0.25, 0.3) is 0 Å². The third-order valence-corrected chi connectivity index (χ3v) is 2.96. The van der Waals surface area contributed by atoms with Gasteiger partial charge in [-0.25, -0.2) is 0 Å². The van der Waals surface area contributed by atoms with Crippen LogP contribution in [-0.2, 0) is 0 Å². The molecule has 0 aromatic rings. The smallest absolute Gasteiger partial charge is 0.0295 e. The lowest BCUT2D eigenvalue weighted by Gasteiger charge is -2.41. The third-order valence-electron chi connectivity index (χ3n) is 2.96. The Morgan fingerprint density at radius 2 is 1.60 bits per heavy atom. The molecule has 0 aromatic heterocycles. The van der Waals surface area contributed by atoms with Crippen molar-refractivity contribution < 1.29 is 0 Å². The summed E-state index contributed by atoms with van der Waals surface area (Å²) >= 11 is 0. The second-order valence-corrected chi connectivity index (χ2v) is 3.80. The molecule has 2 fully saturated rings. The Hall–Kier alpha value is -0.0400. The maximum atomic E-state index is 3.27. The minimum Gasteiger partial charge on any atom is -0.311 e. The molecular weight excluding hydrogens is 122 g/mol. The SMILES string of the molecule is [CH]1NCC12CCCCCC2. The molecule has 1 heteroatoms. The standard InChI is InChI=1S/C9H16N/c1-2-4-6-9(5-3-1)7-10-8-9/h7,10H,1-6,8H2. The molecule has 0 unspecified atom stereocenters. The summed E-state index contributed by atoms with van der Waals surface area (Å²) in [7, 11) is 0. The van der Waals surface area contributed by atoms with Crippen molar-refractivity contribution in [3.8, 4) is 0 Å². The molecule has 1 radical (unpaired) electrons. The van der Waals surface area contributed by atoms with Crippen LogP contribution in [0.1, 0.15) is 38.5 Å². The first-order chi connectivity index (χ1) is 4.91. The zero-order valence-electron chi connectivity index (χ0n) is 6.53. The minimum absolute atomic E-state index is 0.649. The number of hydrogen-bond acceptors (Lipinski definition) is 1. The van der Waals surface area contributed by atoms with Gasteiger partial charge in [0, 0.05) is 13.1 Å². The number of hydrogen-bond donors (Lipinski definition) is 1. The quantitative estimate of drug-likeness (QED) is 0.540. The highest BCUT2D eigenvalue weighted by Crippen LogP contribution is 2.40. The second-order valence-electron chi connectivity index (χ2n) is 3.80. The second kappa shape index (κ2) is 2.54. The summed E-state index contributed by atoms with van der Waals surface area (Å²) in [5.74, 6) is 0. The van der Waals surface area contributed by atoms with Gasteiger partial charge in [0.25, 0.3) is 0 Å². The highest BCUT2D eigenvalue weighted by molar-refractivity contribution is 5.02. The molecule has 0 bridgehead atoms. The van der Waals surface area contributed by atoms with Crippen molar-refractivity contribution in [2.24, 2.45) is 5.41 Å². The maximum absolute atomic E-state index is 3.27. The van der Waals surface area contributed by atoms with Crippen molar-refractivity contribution in [3.63, 3.8) is 0 Å². The summed E-state index contributed by atoms with van der Waals surface area (Å²) < 4.78 is 0. The van der Waals surface area contributed by atoms with Crippen molar-refractivity contribution in [2.75, 3.05) is 6.54 Å². The summed E-state index contributed by atoms with van der Waals surface area (Å²) in [6, 6.07) is 0. The molecule has 1 nitrogen and oxygen atoms in total. The molecule has 57 valence electrons. The first kappa shape index (κ1) is 6.66. The molecule has 1 spiro atoms. The molecular formula is C9H16N. The first-order valence-electron chi connectivity index (χ1n) is 4.49. The Balaban J connectivity index is 1.92. The van der Waals surface area contributed by atoms with Gasteiger partial charge in [-0.1, -0.05) is 25.7 Å². The fraction of sp³-hybridized carbons (Fsp3) is 0.889. The summed E-state index contributed by atoms with van der Waals surface area (Å²) in [6.07, 6.45) is 8.74. The molecule has 1 aliphatic heterocycles. The zero-order valence-corrected chi connectivity index (χ0v) is 6.53. The van der Waals surface area contributed by atoms with Crippen LogP contribution in [0, 0.1) is 12.0 Å². The highest BCUT2D eigenvalue weighted by Gasteiger charge is 2.36. The fourth-order valence-electron chi connectivity index (χ4n) is 2.14. The molecule has 2 rings (SSSR count). The predicted molar refractivity (Wildman–Crippen MR) is 42.4 cm³/mol. The Morgan fingerprint density at radius 3 is 2.00 bits per heavy atom. The van der Waals surface area contributed by atoms with Gasteiger partial charge in [0.15, 0.2) is 0 Å². The van der Waals surface area contributed by atoms with Gasteiger partial charge in [0.2, 0.25) is 0 Å². The Kier molecular flexibility index (Phi) is 1.69. The van der Waals surface area contributed by atoms with Gasteiger partial charge in [-0.2, -0.15) is 0 Å². The average molecular weight is 138 g/mol. The van der Waals surface area contributed by atoms with E-state index in [0.717, 1.165) is 0 Å². The molecule has 1 heterocycles. The van der Waals surface area contributed by atoms with Crippen LogP contribution >= 0.6 is 0 Å². The van der Waals surface area contributed by atoms with E-state index in [1.807, 2.05) is 0 Å². The lowest BCUT2D eigenvalue weighted by molar-refractivity contribution is 0.197. The molecule has 2 aliphatic rings. The molecule has 1 N–H and O–H groups in total. The molecule has 0 aromatic carbocycles. The van der Waals surface area contributed by atoms with E-state index in [1.165, 1.54) is 45.1 Å². The summed E-state index contributed by atoms with van der Waals surface area (Å²) in [4.78, 5) is 0. The lowest BCUT2D eigenvalue weighted by atomic mass is 9.75. The van der Waals surface area contributed by atoms with Gasteiger partial charge in [-0.3, -0.25) is 0 Å². The monoisotopic (exact) mass is 138 g/mol. The zero-order chi connectivity index (χ0) is 6.86. The Morgan fingerprint density at radius 1 is 1.00 bits per heavy atom. The topological polar surface area (TPSA) is 12.0 Å². The van der Waals surface area contributed by atoms with Crippen LogP contribution in [0.15, 0.2) is 0 Å². The molecule has 10 heavy (non-hydrogen) atoms. The average Bonchev–Trinajstić information content (AvgIpc) is 2.08. The van der Waals surface area contributed by atoms with Crippen molar-refractivity contribution in [3.05, 3.63) is 6.54 Å². The van der Waals surface area contributed by atoms with Crippen LogP contribution < -0.4 is 5.32 Å². The summed E-state index contributed by atoms with van der Waals surface area (Å²) in [5, 5.41) is 3.27. The fourth-order valence-corrected chi connectivity index (χ4v) is 2.14. The van der Waals surface area contributed by atoms with E-state index in [1.54, 1.807) is 0 Å². The van der Waals surface area contributed by atoms with Crippen molar-refractivity contribution >= 4 is 0 Å². The van der Waals surface area contributed by atoms with Crippen LogP contribution in [0.4, 0.5) is 0 Å². The minimum atomic E-state index is 0.649. The molecule has 1 aliphatic carbocycles. The van der Waals surface area contributed by atoms with Crippen LogP contribution in [0.2, 0.25) is 0 Å². The van der Waals surface area contributed by atoms with Gasteiger partial charge in [-0.15, -0.1) is 0 Å². The number of rotatable bonds is 0. The molecule has 1 saturated heterocycles. The van der Waals surface area contributed by atoms with Gasteiger partial charge in [-0.05, 0) is 18.3 Å². The van der Waals surface area contributed by atoms with Crippen molar-refractivity contribution in [1.82, 2.24) is 5.32 Å². The van der Waals surface area contributed by atoms with Crippen molar-refractivity contribution in [2.45, 2.75) is 38.5 Å².